The highest BCUT2D eigenvalue weighted by molar-refractivity contribution is 8.18. The van der Waals surface area contributed by atoms with Gasteiger partial charge in [-0.15, -0.1) is 0 Å². The molecule has 1 aromatic heterocycles. The number of Topliss-reactive ketones (excluding diaryl/α,β-unsaturated/α-hetero) is 2. The molecule has 4 amide bonds. The maximum absolute atomic E-state index is 12.2. The molecule has 0 atom stereocenters. The maximum Gasteiger partial charge on any atom is 0.293 e. The maximum atomic E-state index is 12.2. The molecule has 0 bridgehead atoms. The number of carbonyl (C=O) groups excluding carboxylic acids is 6. The summed E-state index contributed by atoms with van der Waals surface area (Å²) in [7, 11) is 0. The number of imide groups is 2. The second kappa shape index (κ2) is 16.5. The molecule has 0 radical (unpaired) electrons. The quantitative estimate of drug-likeness (QED) is 0.274. The molecule has 2 fully saturated rings. The molecular weight excluding hydrogens is 643 g/mol. The molecule has 2 aromatic carbocycles. The van der Waals surface area contributed by atoms with E-state index in [1.165, 1.54) is 43.8 Å². The molecule has 47 heavy (non-hydrogen) atoms. The molecular formula is C34H33N3O8S2. The summed E-state index contributed by atoms with van der Waals surface area (Å²) in [5.74, 6) is -0.685. The average Bonchev–Trinajstić information content (AvgIpc) is 3.42. The van der Waals surface area contributed by atoms with Crippen LogP contribution in [0.2, 0.25) is 0 Å². The Kier molecular flexibility index (Phi) is 12.8. The normalized spacial score (nSPS) is 15.9. The van der Waals surface area contributed by atoms with E-state index < -0.39 is 22.3 Å². The van der Waals surface area contributed by atoms with Crippen molar-refractivity contribution < 1.29 is 33.5 Å². The Morgan fingerprint density at radius 2 is 1.21 bits per heavy atom. The predicted octanol–water partition coefficient (Wildman–Crippen LogP) is 5.84. The number of ketones is 2. The number of carbonyl (C=O) groups is 6. The largest absolute Gasteiger partial charge is 0.489 e. The van der Waals surface area contributed by atoms with Crippen molar-refractivity contribution in [3.63, 3.8) is 0 Å². The summed E-state index contributed by atoms with van der Waals surface area (Å²) >= 11 is 1.62. The van der Waals surface area contributed by atoms with Crippen LogP contribution in [0, 0.1) is 6.92 Å². The number of H-pyrrole nitrogens is 1. The van der Waals surface area contributed by atoms with Crippen LogP contribution in [-0.2, 0) is 25.8 Å². The molecule has 2 aliphatic heterocycles. The highest BCUT2D eigenvalue weighted by Crippen LogP contribution is 2.33. The van der Waals surface area contributed by atoms with Gasteiger partial charge in [-0.05, 0) is 91.3 Å². The Morgan fingerprint density at radius 1 is 0.723 bits per heavy atom. The molecule has 0 unspecified atom stereocenters. The molecule has 3 heterocycles. The van der Waals surface area contributed by atoms with Gasteiger partial charge in [0.05, 0.1) is 22.9 Å². The summed E-state index contributed by atoms with van der Waals surface area (Å²) in [5, 5.41) is -0.879. The van der Waals surface area contributed by atoms with E-state index in [0.29, 0.717) is 17.1 Å². The number of pyridine rings is 1. The minimum atomic E-state index is -0.489. The fraction of sp³-hybridized carbons (Fsp3) is 0.206. The monoisotopic (exact) mass is 675 g/mol. The molecule has 13 heteroatoms. The van der Waals surface area contributed by atoms with E-state index >= 15 is 0 Å². The van der Waals surface area contributed by atoms with Crippen molar-refractivity contribution in [2.45, 2.75) is 34.8 Å². The summed E-state index contributed by atoms with van der Waals surface area (Å²) in [6, 6.07) is 18.3. The smallest absolute Gasteiger partial charge is 0.293 e. The van der Waals surface area contributed by atoms with Gasteiger partial charge in [0, 0.05) is 12.3 Å². The van der Waals surface area contributed by atoms with Gasteiger partial charge in [-0.25, -0.2) is 0 Å². The number of thioether (sulfide) groups is 2. The average molecular weight is 676 g/mol. The molecule has 0 spiro atoms. The lowest BCUT2D eigenvalue weighted by Crippen LogP contribution is -2.32. The zero-order valence-corrected chi connectivity index (χ0v) is 26.7. The van der Waals surface area contributed by atoms with E-state index in [9.17, 15) is 33.6 Å². The molecule has 3 aromatic rings. The number of nitrogens with one attached hydrogen (secondary N) is 1. The molecule has 1 N–H and O–H groups in total. The van der Waals surface area contributed by atoms with Crippen LogP contribution in [0.5, 0.6) is 5.75 Å². The third kappa shape index (κ3) is 10.2. The highest BCUT2D eigenvalue weighted by atomic mass is 32.2. The van der Waals surface area contributed by atoms with Gasteiger partial charge in [-0.3, -0.25) is 43.4 Å². The number of aryl methyl sites for hydroxylation is 1. The van der Waals surface area contributed by atoms with Crippen molar-refractivity contribution in [2.24, 2.45) is 0 Å². The number of hydrogen-bond donors (Lipinski definition) is 1. The second-order valence-corrected chi connectivity index (χ2v) is 12.3. The summed E-state index contributed by atoms with van der Waals surface area (Å²) in [6.07, 6.45) is 4.59. The number of nitrogens with zero attached hydrogens (tertiary/aromatic N) is 2. The van der Waals surface area contributed by atoms with Gasteiger partial charge in [0.1, 0.15) is 23.9 Å². The summed E-state index contributed by atoms with van der Waals surface area (Å²) < 4.78 is 5.76. The second-order valence-electron chi connectivity index (χ2n) is 10.3. The van der Waals surface area contributed by atoms with E-state index in [4.69, 9.17) is 4.74 Å². The van der Waals surface area contributed by atoms with E-state index in [2.05, 4.69) is 4.98 Å². The van der Waals surface area contributed by atoms with E-state index in [0.717, 1.165) is 50.2 Å². The molecule has 2 saturated heterocycles. The van der Waals surface area contributed by atoms with Crippen LogP contribution in [0.1, 0.15) is 43.5 Å². The molecule has 5 rings (SSSR count). The van der Waals surface area contributed by atoms with E-state index in [1.807, 2.05) is 55.5 Å². The van der Waals surface area contributed by atoms with Gasteiger partial charge >= 0.3 is 0 Å². The number of aromatic nitrogens is 1. The zero-order chi connectivity index (χ0) is 33.4. The topological polar surface area (TPSA) is 151 Å². The number of hydrogen-bond acceptors (Lipinski definition) is 10. The molecule has 0 saturated carbocycles. The van der Waals surface area contributed by atoms with Crippen molar-refractivity contribution in [1.29, 1.82) is 0 Å². The Morgan fingerprint density at radius 3 is 1.68 bits per heavy atom. The Bertz CT molecular complexity index is 1790. The Hall–Kier alpha value is -5.01. The third-order valence-corrected chi connectivity index (χ3v) is 8.13. The number of ether oxygens (including phenoxy) is 1. The predicted molar refractivity (Wildman–Crippen MR) is 182 cm³/mol. The van der Waals surface area contributed by atoms with Crippen LogP contribution < -0.4 is 10.3 Å². The summed E-state index contributed by atoms with van der Waals surface area (Å²) in [4.78, 5) is 85.6. The van der Waals surface area contributed by atoms with Crippen LogP contribution in [0.4, 0.5) is 9.59 Å². The van der Waals surface area contributed by atoms with Crippen molar-refractivity contribution in [2.75, 3.05) is 13.1 Å². The molecule has 2 aliphatic rings. The SMILES string of the molecule is C.CC(=O)CN1C(=O)S/C(=C\c2ccc(=O)[nH]c2)C1=O.CC(=O)CN1C(=O)S/C(=C\c2ccc(OCc3ccc(C)cc3)cc2)C1=O. The fourth-order valence-corrected chi connectivity index (χ4v) is 5.72. The summed E-state index contributed by atoms with van der Waals surface area (Å²) in [6.45, 7) is 4.78. The van der Waals surface area contributed by atoms with Crippen LogP contribution >= 0.6 is 23.5 Å². The van der Waals surface area contributed by atoms with Gasteiger partial charge in [0.2, 0.25) is 5.56 Å². The Balaban J connectivity index is 0.000000265. The number of benzene rings is 2. The lowest BCUT2D eigenvalue weighted by molar-refractivity contribution is -0.127. The van der Waals surface area contributed by atoms with E-state index in [1.54, 1.807) is 6.08 Å². The van der Waals surface area contributed by atoms with E-state index in [-0.39, 0.29) is 42.5 Å². The first-order valence-corrected chi connectivity index (χ1v) is 15.5. The van der Waals surface area contributed by atoms with Gasteiger partial charge in [0.15, 0.2) is 0 Å². The van der Waals surface area contributed by atoms with Gasteiger partial charge < -0.3 is 9.72 Å². The van der Waals surface area contributed by atoms with Crippen LogP contribution in [0.15, 0.2) is 81.5 Å². The summed E-state index contributed by atoms with van der Waals surface area (Å²) in [5.41, 5.74) is 3.43. The van der Waals surface area contributed by atoms with Crippen LogP contribution in [0.25, 0.3) is 12.2 Å². The number of aromatic amines is 1. The van der Waals surface area contributed by atoms with Gasteiger partial charge in [-0.2, -0.15) is 0 Å². The van der Waals surface area contributed by atoms with Crippen LogP contribution in [-0.4, -0.2) is 61.7 Å². The molecule has 11 nitrogen and oxygen atoms in total. The molecule has 0 aliphatic carbocycles. The van der Waals surface area contributed by atoms with Crippen molar-refractivity contribution in [1.82, 2.24) is 14.8 Å². The lowest BCUT2D eigenvalue weighted by Gasteiger charge is -2.09. The first kappa shape index (κ1) is 36.5. The highest BCUT2D eigenvalue weighted by Gasteiger charge is 2.36. The fourth-order valence-electron chi connectivity index (χ4n) is 4.04. The Labute approximate surface area is 280 Å². The van der Waals surface area contributed by atoms with Crippen LogP contribution in [0.3, 0.4) is 0 Å². The van der Waals surface area contributed by atoms with Crippen molar-refractivity contribution in [3.8, 4) is 5.75 Å². The van der Waals surface area contributed by atoms with Gasteiger partial charge in [0.25, 0.3) is 22.3 Å². The first-order valence-electron chi connectivity index (χ1n) is 13.9. The number of rotatable bonds is 9. The minimum Gasteiger partial charge on any atom is -0.489 e. The molecule has 244 valence electrons. The van der Waals surface area contributed by atoms with Gasteiger partial charge in [-0.1, -0.05) is 49.4 Å². The van der Waals surface area contributed by atoms with Crippen molar-refractivity contribution in [3.05, 3.63) is 109 Å². The van der Waals surface area contributed by atoms with Crippen molar-refractivity contribution >= 4 is 69.5 Å². The standard InChI is InChI=1S/C21H19NO4S.C12H10N2O4S.CH4/c1-14-3-5-17(6-4-14)13-26-18-9-7-16(8-10-18)11-19-20(24)22(12-15(2)23)21(25)27-19;1-7(15)6-14-11(17)9(19-12(14)18)4-8-2-3-10(16)13-5-8;/h3-11H,12-13H2,1-2H3;2-5H,6H2,1H3,(H,13,16);1H4/b19-11-;9-4-;. The minimum absolute atomic E-state index is 0. The third-order valence-electron chi connectivity index (χ3n) is 6.32. The lowest BCUT2D eigenvalue weighted by atomic mass is 10.1. The first-order chi connectivity index (χ1) is 21.9. The zero-order valence-electron chi connectivity index (χ0n) is 25.1. The number of amides is 4.